The lowest BCUT2D eigenvalue weighted by atomic mass is 10.4. The molecule has 0 heterocycles. The minimum absolute atomic E-state index is 0.0747. The number of hydrogen-bond acceptors (Lipinski definition) is 10. The fraction of sp³-hybridized carbons (Fsp3) is 0.286. The summed E-state index contributed by atoms with van der Waals surface area (Å²) in [6, 6.07) is 16.8. The summed E-state index contributed by atoms with van der Waals surface area (Å²) in [6.07, 6.45) is 1.28. The molecule has 0 saturated heterocycles. The van der Waals surface area contributed by atoms with Crippen molar-refractivity contribution in [3.05, 3.63) is 86.0 Å². The van der Waals surface area contributed by atoms with Crippen LogP contribution in [0.15, 0.2) is 86.0 Å². The van der Waals surface area contributed by atoms with Gasteiger partial charge in [0.2, 0.25) is 14.7 Å². The lowest BCUT2D eigenvalue weighted by Crippen LogP contribution is -2.15. The van der Waals surface area contributed by atoms with Gasteiger partial charge in [-0.2, -0.15) is 0 Å². The van der Waals surface area contributed by atoms with Crippen LogP contribution in [-0.4, -0.2) is 72.8 Å². The van der Waals surface area contributed by atoms with Crippen molar-refractivity contribution in [1.29, 1.82) is 0 Å². The Balaban J connectivity index is 0.000000420. The van der Waals surface area contributed by atoms with E-state index in [0.717, 1.165) is 12.2 Å². The maximum atomic E-state index is 12.8. The molecule has 228 valence electrons. The summed E-state index contributed by atoms with van der Waals surface area (Å²) in [4.78, 5) is 43.1. The molecule has 2 atom stereocenters. The molecule has 0 aromatic heterocycles. The molecule has 2 rings (SSSR count). The van der Waals surface area contributed by atoms with Gasteiger partial charge in [0.25, 0.3) is 0 Å². The summed E-state index contributed by atoms with van der Waals surface area (Å²) in [5.41, 5.74) is 0. The number of carboxylic acid groups (broad SMARTS) is 2. The Kier molecular flexibility index (Phi) is 16.7. The maximum Gasteiger partial charge on any atom is 0.330 e. The van der Waals surface area contributed by atoms with E-state index in [0.29, 0.717) is 10.6 Å². The summed E-state index contributed by atoms with van der Waals surface area (Å²) >= 11 is 0. The molecule has 0 spiro atoms. The molecule has 0 fully saturated rings. The molecule has 2 unspecified atom stereocenters. The second kappa shape index (κ2) is 19.3. The molecule has 2 aromatic rings. The zero-order chi connectivity index (χ0) is 31.4. The fourth-order valence-electron chi connectivity index (χ4n) is 3.10. The van der Waals surface area contributed by atoms with Crippen molar-refractivity contribution in [2.45, 2.75) is 12.8 Å². The monoisotopic (exact) mass is 624 g/mol. The summed E-state index contributed by atoms with van der Waals surface area (Å²) in [6.45, 7) is 6.19. The van der Waals surface area contributed by atoms with Gasteiger partial charge in [-0.25, -0.2) is 9.59 Å². The average Bonchev–Trinajstić information content (AvgIpc) is 3.00. The van der Waals surface area contributed by atoms with Gasteiger partial charge in [-0.3, -0.25) is 18.7 Å². The first kappa shape index (κ1) is 36.2. The summed E-state index contributed by atoms with van der Waals surface area (Å²) < 4.78 is 45.7. The van der Waals surface area contributed by atoms with E-state index in [1.165, 1.54) is 0 Å². The van der Waals surface area contributed by atoms with E-state index in [2.05, 4.69) is 13.2 Å². The highest BCUT2D eigenvalue weighted by atomic mass is 31.2. The number of carbonyl (C=O) groups is 4. The van der Waals surface area contributed by atoms with E-state index in [1.54, 1.807) is 60.7 Å². The lowest BCUT2D eigenvalue weighted by Gasteiger charge is -2.18. The first-order chi connectivity index (χ1) is 20.0. The van der Waals surface area contributed by atoms with Crippen molar-refractivity contribution in [2.24, 2.45) is 0 Å². The third-order valence-electron chi connectivity index (χ3n) is 5.13. The number of carbonyl (C=O) groups excluding carboxylic acids is 2. The molecule has 0 amide bonds. The normalized spacial score (nSPS) is 13.1. The van der Waals surface area contributed by atoms with Crippen LogP contribution in [0.3, 0.4) is 0 Å². The highest BCUT2D eigenvalue weighted by molar-refractivity contribution is 7.67. The van der Waals surface area contributed by atoms with Gasteiger partial charge in [-0.05, 0) is 24.3 Å². The second-order valence-electron chi connectivity index (χ2n) is 8.16. The Morgan fingerprint density at radius 1 is 0.619 bits per heavy atom. The highest BCUT2D eigenvalue weighted by Gasteiger charge is 2.27. The number of hydrogen-bond donors (Lipinski definition) is 2. The van der Waals surface area contributed by atoms with E-state index in [9.17, 15) is 28.3 Å². The smallest absolute Gasteiger partial charge is 0.330 e. The van der Waals surface area contributed by atoms with Crippen LogP contribution in [0.25, 0.3) is 0 Å². The molecular weight excluding hydrogens is 590 g/mol. The lowest BCUT2D eigenvalue weighted by molar-refractivity contribution is -0.139. The summed E-state index contributed by atoms with van der Waals surface area (Å²) in [7, 11) is -6.58. The van der Waals surface area contributed by atoms with E-state index in [1.807, 2.05) is 0 Å². The number of carboxylic acids is 2. The van der Waals surface area contributed by atoms with Gasteiger partial charge in [0.15, 0.2) is 0 Å². The molecular formula is C28H34O12P2. The van der Waals surface area contributed by atoms with Crippen LogP contribution in [0.5, 0.6) is 0 Å². The Bertz CT molecular complexity index is 1180. The molecule has 0 aliphatic carbocycles. The molecule has 0 aliphatic rings. The predicted octanol–water partition coefficient (Wildman–Crippen LogP) is 3.62. The molecule has 0 radical (unpaired) electrons. The zero-order valence-electron chi connectivity index (χ0n) is 22.9. The van der Waals surface area contributed by atoms with Gasteiger partial charge < -0.3 is 28.7 Å². The largest absolute Gasteiger partial charge is 0.481 e. The van der Waals surface area contributed by atoms with Crippen LogP contribution in [-0.2, 0) is 46.8 Å². The zero-order valence-corrected chi connectivity index (χ0v) is 24.7. The van der Waals surface area contributed by atoms with Crippen LogP contribution in [0.2, 0.25) is 0 Å². The Morgan fingerprint density at radius 3 is 1.24 bits per heavy atom. The predicted molar refractivity (Wildman–Crippen MR) is 156 cm³/mol. The third kappa shape index (κ3) is 14.2. The minimum atomic E-state index is -3.29. The van der Waals surface area contributed by atoms with E-state index in [4.69, 9.17) is 28.7 Å². The van der Waals surface area contributed by atoms with Crippen LogP contribution in [0, 0.1) is 0 Å². The van der Waals surface area contributed by atoms with E-state index in [-0.39, 0.29) is 51.6 Å². The van der Waals surface area contributed by atoms with Gasteiger partial charge in [0, 0.05) is 35.1 Å². The first-order valence-corrected chi connectivity index (χ1v) is 16.2. The highest BCUT2D eigenvalue weighted by Crippen LogP contribution is 2.47. The van der Waals surface area contributed by atoms with Gasteiger partial charge >= 0.3 is 23.9 Å². The van der Waals surface area contributed by atoms with Gasteiger partial charge in [0.1, 0.15) is 13.2 Å². The van der Waals surface area contributed by atoms with Gasteiger partial charge in [-0.15, -0.1) is 0 Å². The Hall–Kier alpha value is -3.82. The second-order valence-corrected chi connectivity index (χ2v) is 13.3. The molecule has 0 saturated carbocycles. The van der Waals surface area contributed by atoms with Crippen molar-refractivity contribution < 1.29 is 57.0 Å². The molecule has 2 aromatic carbocycles. The van der Waals surface area contributed by atoms with Gasteiger partial charge in [-0.1, -0.05) is 49.6 Å². The Morgan fingerprint density at radius 2 is 0.952 bits per heavy atom. The molecule has 12 nitrogen and oxygen atoms in total. The van der Waals surface area contributed by atoms with Crippen LogP contribution in [0.1, 0.15) is 12.8 Å². The summed E-state index contributed by atoms with van der Waals surface area (Å²) in [5.74, 6) is -3.29. The van der Waals surface area contributed by atoms with Crippen molar-refractivity contribution in [3.8, 4) is 0 Å². The number of esters is 2. The number of ether oxygens (including phenoxy) is 2. The Labute approximate surface area is 243 Å². The van der Waals surface area contributed by atoms with Gasteiger partial charge in [0.05, 0.1) is 26.1 Å². The van der Waals surface area contributed by atoms with Crippen LogP contribution < -0.4 is 10.6 Å². The number of benzene rings is 2. The van der Waals surface area contributed by atoms with E-state index >= 15 is 0 Å². The third-order valence-corrected chi connectivity index (χ3v) is 10.1. The molecule has 14 heteroatoms. The van der Waals surface area contributed by atoms with Crippen molar-refractivity contribution in [2.75, 3.05) is 38.8 Å². The molecule has 0 aliphatic heterocycles. The van der Waals surface area contributed by atoms with Crippen LogP contribution >= 0.6 is 14.7 Å². The first-order valence-electron chi connectivity index (χ1n) is 12.6. The molecule has 42 heavy (non-hydrogen) atoms. The topological polar surface area (TPSA) is 180 Å². The average molecular weight is 625 g/mol. The molecule has 0 bridgehead atoms. The quantitative estimate of drug-likeness (QED) is 0.107. The minimum Gasteiger partial charge on any atom is -0.481 e. The summed E-state index contributed by atoms with van der Waals surface area (Å²) in [5, 5.41) is 18.4. The number of aliphatic carboxylic acids is 2. The fourth-order valence-corrected chi connectivity index (χ4v) is 7.14. The van der Waals surface area contributed by atoms with Crippen molar-refractivity contribution in [1.82, 2.24) is 0 Å². The maximum absolute atomic E-state index is 12.8. The SMILES string of the molecule is C=CC(=O)OCCOP(=O)(CCC(=O)O)c1ccccc1.C=CC(=O)OCCOP(=O)(CCC(=O)O)c1ccccc1. The van der Waals surface area contributed by atoms with Crippen LogP contribution in [0.4, 0.5) is 0 Å². The molecule has 2 N–H and O–H groups in total. The van der Waals surface area contributed by atoms with E-state index < -0.39 is 38.6 Å². The number of rotatable bonds is 18. The van der Waals surface area contributed by atoms with Crippen molar-refractivity contribution >= 4 is 49.2 Å². The standard InChI is InChI=1S/2C14H17O6P/c2*1-2-14(17)19-9-10-20-21(18,11-8-13(15)16)12-6-4-3-5-7-12/h2*2-7H,1,8-11H2,(H,15,16). The van der Waals surface area contributed by atoms with Crippen molar-refractivity contribution in [3.63, 3.8) is 0 Å².